The second-order valence-electron chi connectivity index (χ2n) is 4.67. The van der Waals surface area contributed by atoms with Gasteiger partial charge in [0.2, 0.25) is 0 Å². The van der Waals surface area contributed by atoms with Crippen molar-refractivity contribution in [3.63, 3.8) is 0 Å². The number of amides is 1. The van der Waals surface area contributed by atoms with Crippen molar-refractivity contribution >= 4 is 11.9 Å². The van der Waals surface area contributed by atoms with E-state index >= 15 is 0 Å². The summed E-state index contributed by atoms with van der Waals surface area (Å²) in [4.78, 5) is 23.0. The molecule has 0 radical (unpaired) electrons. The number of carbonyl (C=O) groups excluding carboxylic acids is 1. The third kappa shape index (κ3) is 3.39. The average molecular weight is 285 g/mol. The summed E-state index contributed by atoms with van der Waals surface area (Å²) in [7, 11) is 0. The number of carbonyl (C=O) groups is 2. The van der Waals surface area contributed by atoms with E-state index in [-0.39, 0.29) is 23.8 Å². The summed E-state index contributed by atoms with van der Waals surface area (Å²) < 4.78 is 0. The van der Waals surface area contributed by atoms with Gasteiger partial charge in [-0.05, 0) is 30.7 Å². The third-order valence-electron chi connectivity index (χ3n) is 3.04. The lowest BCUT2D eigenvalue weighted by Crippen LogP contribution is -2.23. The van der Waals surface area contributed by atoms with Crippen molar-refractivity contribution in [3.05, 3.63) is 64.7 Å². The number of hydrogen-bond acceptors (Lipinski definition) is 3. The van der Waals surface area contributed by atoms with Crippen LogP contribution in [0.4, 0.5) is 0 Å². The van der Waals surface area contributed by atoms with Crippen molar-refractivity contribution in [3.8, 4) is 5.75 Å². The van der Waals surface area contributed by atoms with Crippen molar-refractivity contribution in [2.45, 2.75) is 13.5 Å². The second-order valence-corrected chi connectivity index (χ2v) is 4.67. The van der Waals surface area contributed by atoms with E-state index in [0.717, 1.165) is 0 Å². The van der Waals surface area contributed by atoms with Gasteiger partial charge in [0.25, 0.3) is 5.91 Å². The molecule has 108 valence electrons. The van der Waals surface area contributed by atoms with Gasteiger partial charge in [0.1, 0.15) is 11.3 Å². The average Bonchev–Trinajstić information content (AvgIpc) is 2.48. The first-order chi connectivity index (χ1) is 9.99. The highest BCUT2D eigenvalue weighted by atomic mass is 16.4. The molecule has 0 bridgehead atoms. The Hall–Kier alpha value is -2.82. The molecule has 0 saturated heterocycles. The lowest BCUT2D eigenvalue weighted by Gasteiger charge is -2.10. The van der Waals surface area contributed by atoms with E-state index in [9.17, 15) is 14.7 Å². The zero-order valence-corrected chi connectivity index (χ0v) is 11.5. The molecule has 0 aliphatic rings. The Balaban J connectivity index is 2.17. The summed E-state index contributed by atoms with van der Waals surface area (Å²) in [6.07, 6.45) is 0. The summed E-state index contributed by atoms with van der Waals surface area (Å²) >= 11 is 0. The number of rotatable bonds is 4. The van der Waals surface area contributed by atoms with Crippen molar-refractivity contribution in [1.82, 2.24) is 5.32 Å². The molecular weight excluding hydrogens is 270 g/mol. The van der Waals surface area contributed by atoms with E-state index in [4.69, 9.17) is 5.11 Å². The number of carboxylic acids is 1. The van der Waals surface area contributed by atoms with E-state index in [1.165, 1.54) is 6.07 Å². The van der Waals surface area contributed by atoms with Gasteiger partial charge in [-0.1, -0.05) is 24.3 Å². The van der Waals surface area contributed by atoms with Crippen LogP contribution in [0.2, 0.25) is 0 Å². The maximum absolute atomic E-state index is 11.9. The van der Waals surface area contributed by atoms with Crippen LogP contribution in [0.1, 0.15) is 31.8 Å². The SMILES string of the molecule is Cc1cc(CNC(=O)c2ccccc2)c(O)c(C(=O)O)c1. The Labute approximate surface area is 121 Å². The Kier molecular flexibility index (Phi) is 4.23. The van der Waals surface area contributed by atoms with Crippen LogP contribution in [0.5, 0.6) is 5.75 Å². The Morgan fingerprint density at radius 3 is 2.43 bits per heavy atom. The fourth-order valence-corrected chi connectivity index (χ4v) is 2.02. The molecule has 0 heterocycles. The van der Waals surface area contributed by atoms with Crippen LogP contribution < -0.4 is 5.32 Å². The molecule has 2 rings (SSSR count). The first-order valence-electron chi connectivity index (χ1n) is 6.38. The van der Waals surface area contributed by atoms with Gasteiger partial charge >= 0.3 is 5.97 Å². The van der Waals surface area contributed by atoms with Crippen LogP contribution in [0.25, 0.3) is 0 Å². The molecule has 2 aromatic carbocycles. The minimum Gasteiger partial charge on any atom is -0.507 e. The monoisotopic (exact) mass is 285 g/mol. The number of aromatic carboxylic acids is 1. The van der Waals surface area contributed by atoms with Crippen LogP contribution in [-0.2, 0) is 6.54 Å². The molecule has 1 amide bonds. The van der Waals surface area contributed by atoms with Crippen molar-refractivity contribution < 1.29 is 19.8 Å². The lowest BCUT2D eigenvalue weighted by molar-refractivity contribution is 0.0693. The molecular formula is C16H15NO4. The van der Waals surface area contributed by atoms with Gasteiger partial charge < -0.3 is 15.5 Å². The molecule has 2 aromatic rings. The van der Waals surface area contributed by atoms with Gasteiger partial charge in [0, 0.05) is 17.7 Å². The quantitative estimate of drug-likeness (QED) is 0.804. The molecule has 5 heteroatoms. The predicted octanol–water partition coefficient (Wildman–Crippen LogP) is 2.33. The van der Waals surface area contributed by atoms with Gasteiger partial charge in [-0.2, -0.15) is 0 Å². The van der Waals surface area contributed by atoms with Crippen LogP contribution in [0.15, 0.2) is 42.5 Å². The maximum Gasteiger partial charge on any atom is 0.339 e. The van der Waals surface area contributed by atoms with Crippen LogP contribution in [-0.4, -0.2) is 22.1 Å². The molecule has 0 unspecified atom stereocenters. The standard InChI is InChI=1S/C16H15NO4/c1-10-7-12(14(18)13(8-10)16(20)21)9-17-15(19)11-5-3-2-4-6-11/h2-8,18H,9H2,1H3,(H,17,19)(H,20,21). The number of aromatic hydroxyl groups is 1. The first kappa shape index (κ1) is 14.6. The minimum atomic E-state index is -1.20. The molecule has 0 saturated carbocycles. The zero-order valence-electron chi connectivity index (χ0n) is 11.5. The van der Waals surface area contributed by atoms with Gasteiger partial charge in [-0.3, -0.25) is 4.79 Å². The fraction of sp³-hybridized carbons (Fsp3) is 0.125. The molecule has 0 atom stereocenters. The molecule has 0 aliphatic carbocycles. The second kappa shape index (κ2) is 6.09. The molecule has 0 aliphatic heterocycles. The topological polar surface area (TPSA) is 86.6 Å². The highest BCUT2D eigenvalue weighted by molar-refractivity contribution is 5.94. The van der Waals surface area contributed by atoms with Gasteiger partial charge in [-0.25, -0.2) is 4.79 Å². The van der Waals surface area contributed by atoms with Crippen LogP contribution in [0, 0.1) is 6.92 Å². The Bertz CT molecular complexity index is 680. The van der Waals surface area contributed by atoms with E-state index in [2.05, 4.69) is 5.32 Å². The molecule has 3 N–H and O–H groups in total. The van der Waals surface area contributed by atoms with E-state index < -0.39 is 5.97 Å². The van der Waals surface area contributed by atoms with Gasteiger partial charge in [0.15, 0.2) is 0 Å². The first-order valence-corrected chi connectivity index (χ1v) is 6.38. The Morgan fingerprint density at radius 2 is 1.81 bits per heavy atom. The van der Waals surface area contributed by atoms with Crippen LogP contribution in [0.3, 0.4) is 0 Å². The molecule has 21 heavy (non-hydrogen) atoms. The number of benzene rings is 2. The van der Waals surface area contributed by atoms with Crippen LogP contribution >= 0.6 is 0 Å². The van der Waals surface area contributed by atoms with Gasteiger partial charge in [0.05, 0.1) is 0 Å². The lowest BCUT2D eigenvalue weighted by atomic mass is 10.0. The van der Waals surface area contributed by atoms with E-state index in [1.54, 1.807) is 37.3 Å². The largest absolute Gasteiger partial charge is 0.507 e. The smallest absolute Gasteiger partial charge is 0.339 e. The van der Waals surface area contributed by atoms with E-state index in [1.807, 2.05) is 6.07 Å². The van der Waals surface area contributed by atoms with E-state index in [0.29, 0.717) is 16.7 Å². The summed E-state index contributed by atoms with van der Waals surface area (Å²) in [5, 5.41) is 21.6. The predicted molar refractivity (Wildman–Crippen MR) is 77.4 cm³/mol. The normalized spacial score (nSPS) is 10.1. The number of carboxylic acid groups (broad SMARTS) is 1. The Morgan fingerprint density at radius 1 is 1.14 bits per heavy atom. The fourth-order valence-electron chi connectivity index (χ4n) is 2.02. The summed E-state index contributed by atoms with van der Waals surface area (Å²) in [6, 6.07) is 11.7. The number of aryl methyl sites for hydroxylation is 1. The summed E-state index contributed by atoms with van der Waals surface area (Å²) in [6.45, 7) is 1.79. The molecule has 0 spiro atoms. The number of phenols is 1. The molecule has 5 nitrogen and oxygen atoms in total. The van der Waals surface area contributed by atoms with Crippen molar-refractivity contribution in [2.75, 3.05) is 0 Å². The van der Waals surface area contributed by atoms with Crippen molar-refractivity contribution in [1.29, 1.82) is 0 Å². The minimum absolute atomic E-state index is 0.0571. The summed E-state index contributed by atoms with van der Waals surface area (Å²) in [5.74, 6) is -1.80. The maximum atomic E-state index is 11.9. The highest BCUT2D eigenvalue weighted by Crippen LogP contribution is 2.24. The van der Waals surface area contributed by atoms with Crippen molar-refractivity contribution in [2.24, 2.45) is 0 Å². The summed E-state index contributed by atoms with van der Waals surface area (Å²) in [5.41, 5.74) is 1.41. The highest BCUT2D eigenvalue weighted by Gasteiger charge is 2.15. The number of hydrogen-bond donors (Lipinski definition) is 3. The molecule has 0 aromatic heterocycles. The molecule has 0 fully saturated rings. The van der Waals surface area contributed by atoms with Gasteiger partial charge in [-0.15, -0.1) is 0 Å². The zero-order chi connectivity index (χ0) is 15.4. The number of nitrogens with one attached hydrogen (secondary N) is 1. The third-order valence-corrected chi connectivity index (χ3v) is 3.04.